The number of carbonyl (C=O) groups excluding carboxylic acids is 2. The number of carbonyl (C=O) groups is 2. The molecule has 0 fully saturated rings. The highest BCUT2D eigenvalue weighted by molar-refractivity contribution is 9.10. The highest BCUT2D eigenvalue weighted by atomic mass is 79.9. The van der Waals surface area contributed by atoms with E-state index in [9.17, 15) is 9.59 Å². The Morgan fingerprint density at radius 2 is 1.63 bits per heavy atom. The Kier molecular flexibility index (Phi) is 8.02. The van der Waals surface area contributed by atoms with Crippen LogP contribution in [0.1, 0.15) is 5.56 Å². The minimum Gasteiger partial charge on any atom is -0.484 e. The Labute approximate surface area is 170 Å². The van der Waals surface area contributed by atoms with Gasteiger partial charge in [-0.15, -0.1) is 0 Å². The van der Waals surface area contributed by atoms with E-state index in [0.29, 0.717) is 11.5 Å². The van der Waals surface area contributed by atoms with Crippen LogP contribution >= 0.6 is 28.1 Å². The maximum atomic E-state index is 11.8. The van der Waals surface area contributed by atoms with Crippen LogP contribution < -0.4 is 25.6 Å². The first-order chi connectivity index (χ1) is 12.9. The van der Waals surface area contributed by atoms with Crippen molar-refractivity contribution < 1.29 is 19.1 Å². The molecule has 0 aliphatic carbocycles. The van der Waals surface area contributed by atoms with Gasteiger partial charge in [0.2, 0.25) is 0 Å². The van der Waals surface area contributed by atoms with E-state index >= 15 is 0 Å². The number of nitrogens with one attached hydrogen (secondary N) is 3. The van der Waals surface area contributed by atoms with Crippen molar-refractivity contribution in [2.75, 3.05) is 13.2 Å². The minimum absolute atomic E-state index is 0.0522. The van der Waals surface area contributed by atoms with E-state index in [1.807, 2.05) is 25.1 Å². The zero-order chi connectivity index (χ0) is 19.6. The molecule has 2 aromatic rings. The van der Waals surface area contributed by atoms with Crippen molar-refractivity contribution in [3.05, 3.63) is 58.6 Å². The second-order valence-electron chi connectivity index (χ2n) is 5.35. The van der Waals surface area contributed by atoms with Crippen LogP contribution in [0.15, 0.2) is 53.0 Å². The predicted molar refractivity (Wildman–Crippen MR) is 108 cm³/mol. The molecule has 0 aromatic heterocycles. The van der Waals surface area contributed by atoms with E-state index in [-0.39, 0.29) is 18.3 Å². The summed E-state index contributed by atoms with van der Waals surface area (Å²) in [5.41, 5.74) is 5.69. The van der Waals surface area contributed by atoms with Crippen molar-refractivity contribution in [1.82, 2.24) is 16.2 Å². The summed E-state index contributed by atoms with van der Waals surface area (Å²) in [7, 11) is 0. The summed E-state index contributed by atoms with van der Waals surface area (Å²) >= 11 is 8.25. The lowest BCUT2D eigenvalue weighted by molar-refractivity contribution is -0.124. The maximum absolute atomic E-state index is 11.8. The smallest absolute Gasteiger partial charge is 0.276 e. The number of hydrogen-bond donors (Lipinski definition) is 3. The van der Waals surface area contributed by atoms with Gasteiger partial charge in [0.05, 0.1) is 0 Å². The third kappa shape index (κ3) is 7.63. The third-order valence-corrected chi connectivity index (χ3v) is 3.94. The molecule has 0 bridgehead atoms. The SMILES string of the molecule is Cc1ccccc1OCC(=O)NNC(=S)NC(=O)COc1ccc(Br)cc1. The zero-order valence-electron chi connectivity index (χ0n) is 14.5. The van der Waals surface area contributed by atoms with E-state index in [2.05, 4.69) is 32.1 Å². The first kappa shape index (κ1) is 20.7. The van der Waals surface area contributed by atoms with Gasteiger partial charge in [0.1, 0.15) is 11.5 Å². The van der Waals surface area contributed by atoms with Crippen molar-refractivity contribution in [3.63, 3.8) is 0 Å². The van der Waals surface area contributed by atoms with Crippen LogP contribution in [0, 0.1) is 6.92 Å². The Balaban J connectivity index is 1.64. The summed E-state index contributed by atoms with van der Waals surface area (Å²) in [5, 5.41) is 2.34. The van der Waals surface area contributed by atoms with Crippen molar-refractivity contribution in [2.24, 2.45) is 0 Å². The quantitative estimate of drug-likeness (QED) is 0.460. The van der Waals surface area contributed by atoms with Crippen molar-refractivity contribution in [1.29, 1.82) is 0 Å². The van der Waals surface area contributed by atoms with Crippen LogP contribution in [0.4, 0.5) is 0 Å². The molecule has 142 valence electrons. The fourth-order valence-corrected chi connectivity index (χ4v) is 2.33. The first-order valence-corrected chi connectivity index (χ1v) is 9.09. The molecule has 2 amide bonds. The highest BCUT2D eigenvalue weighted by Crippen LogP contribution is 2.16. The highest BCUT2D eigenvalue weighted by Gasteiger charge is 2.08. The average Bonchev–Trinajstić information content (AvgIpc) is 2.65. The molecule has 3 N–H and O–H groups in total. The number of benzene rings is 2. The molecule has 0 saturated carbocycles. The third-order valence-electron chi connectivity index (χ3n) is 3.20. The normalized spacial score (nSPS) is 9.85. The van der Waals surface area contributed by atoms with E-state index in [0.717, 1.165) is 10.0 Å². The molecule has 7 nitrogen and oxygen atoms in total. The standard InChI is InChI=1S/C18H18BrN3O4S/c1-12-4-2-3-5-15(12)26-11-17(24)21-22-18(27)20-16(23)10-25-14-8-6-13(19)7-9-14/h2-9H,10-11H2,1H3,(H,21,24)(H2,20,22,23,27). The summed E-state index contributed by atoms with van der Waals surface area (Å²) in [4.78, 5) is 23.5. The van der Waals surface area contributed by atoms with Gasteiger partial charge in [-0.1, -0.05) is 34.1 Å². The number of halogens is 1. The van der Waals surface area contributed by atoms with Gasteiger partial charge >= 0.3 is 0 Å². The fraction of sp³-hybridized carbons (Fsp3) is 0.167. The summed E-state index contributed by atoms with van der Waals surface area (Å²) in [6.07, 6.45) is 0. The van der Waals surface area contributed by atoms with Gasteiger partial charge in [0.15, 0.2) is 18.3 Å². The Morgan fingerprint density at radius 1 is 0.963 bits per heavy atom. The Bertz CT molecular complexity index is 815. The van der Waals surface area contributed by atoms with Gasteiger partial charge in [-0.3, -0.25) is 25.8 Å². The van der Waals surface area contributed by atoms with Gasteiger partial charge in [-0.25, -0.2) is 0 Å². The molecule has 9 heteroatoms. The molecule has 0 spiro atoms. The van der Waals surface area contributed by atoms with E-state index in [1.54, 1.807) is 30.3 Å². The number of hydrazine groups is 1. The first-order valence-electron chi connectivity index (χ1n) is 7.89. The lowest BCUT2D eigenvalue weighted by Gasteiger charge is -2.12. The van der Waals surface area contributed by atoms with Gasteiger partial charge in [0, 0.05) is 4.47 Å². The molecule has 2 rings (SSSR count). The summed E-state index contributed by atoms with van der Waals surface area (Å²) in [6, 6.07) is 14.4. The molecule has 2 aromatic carbocycles. The average molecular weight is 452 g/mol. The van der Waals surface area contributed by atoms with Crippen molar-refractivity contribution in [2.45, 2.75) is 6.92 Å². The van der Waals surface area contributed by atoms with Crippen molar-refractivity contribution in [3.8, 4) is 11.5 Å². The molecule has 0 aliphatic rings. The lowest BCUT2D eigenvalue weighted by atomic mass is 10.2. The predicted octanol–water partition coefficient (Wildman–Crippen LogP) is 2.24. The van der Waals surface area contributed by atoms with E-state index in [1.165, 1.54) is 0 Å². The van der Waals surface area contributed by atoms with Gasteiger partial charge < -0.3 is 9.47 Å². The number of amides is 2. The second kappa shape index (κ2) is 10.5. The molecule has 0 radical (unpaired) electrons. The second-order valence-corrected chi connectivity index (χ2v) is 6.67. The maximum Gasteiger partial charge on any atom is 0.276 e. The van der Waals surface area contributed by atoms with Gasteiger partial charge in [0.25, 0.3) is 11.8 Å². The van der Waals surface area contributed by atoms with Crippen LogP contribution in [-0.4, -0.2) is 30.1 Å². The lowest BCUT2D eigenvalue weighted by Crippen LogP contribution is -2.50. The number of thiocarbonyl (C=S) groups is 1. The largest absolute Gasteiger partial charge is 0.484 e. The summed E-state index contributed by atoms with van der Waals surface area (Å²) in [5.74, 6) is 0.268. The number of aryl methyl sites for hydroxylation is 1. The van der Waals surface area contributed by atoms with Crippen LogP contribution in [-0.2, 0) is 9.59 Å². The fourth-order valence-electron chi connectivity index (χ4n) is 1.90. The number of rotatable bonds is 6. The monoisotopic (exact) mass is 451 g/mol. The number of hydrogen-bond acceptors (Lipinski definition) is 5. The number of para-hydroxylation sites is 1. The minimum atomic E-state index is -0.458. The van der Waals surface area contributed by atoms with Crippen molar-refractivity contribution >= 4 is 45.1 Å². The van der Waals surface area contributed by atoms with E-state index in [4.69, 9.17) is 21.7 Å². The number of ether oxygens (including phenoxy) is 2. The van der Waals surface area contributed by atoms with Crippen LogP contribution in [0.2, 0.25) is 0 Å². The molecule has 0 unspecified atom stereocenters. The topological polar surface area (TPSA) is 88.7 Å². The van der Waals surface area contributed by atoms with E-state index < -0.39 is 11.8 Å². The molecule has 0 saturated heterocycles. The van der Waals surface area contributed by atoms with Gasteiger partial charge in [-0.05, 0) is 55.0 Å². The molecule has 0 aliphatic heterocycles. The zero-order valence-corrected chi connectivity index (χ0v) is 16.9. The van der Waals surface area contributed by atoms with Crippen LogP contribution in [0.3, 0.4) is 0 Å². The molecule has 0 atom stereocenters. The Morgan fingerprint density at radius 3 is 2.33 bits per heavy atom. The van der Waals surface area contributed by atoms with Gasteiger partial charge in [-0.2, -0.15) is 0 Å². The van der Waals surface area contributed by atoms with Crippen LogP contribution in [0.5, 0.6) is 11.5 Å². The molecule has 0 heterocycles. The summed E-state index contributed by atoms with van der Waals surface area (Å²) < 4.78 is 11.6. The Hall–Kier alpha value is -2.65. The molecule has 27 heavy (non-hydrogen) atoms. The molecular weight excluding hydrogens is 434 g/mol. The summed E-state index contributed by atoms with van der Waals surface area (Å²) in [6.45, 7) is 1.47. The molecular formula is C18H18BrN3O4S. The van der Waals surface area contributed by atoms with Crippen LogP contribution in [0.25, 0.3) is 0 Å².